The second-order valence-electron chi connectivity index (χ2n) is 2.80. The second kappa shape index (κ2) is 3.43. The first-order chi connectivity index (χ1) is 6.02. The maximum absolute atomic E-state index is 13.2. The molecule has 0 aliphatic carbocycles. The summed E-state index contributed by atoms with van der Waals surface area (Å²) in [5, 5.41) is 10.7. The summed E-state index contributed by atoms with van der Waals surface area (Å²) in [7, 11) is 0. The summed E-state index contributed by atoms with van der Waals surface area (Å²) in [5.74, 6) is -3.96. The van der Waals surface area contributed by atoms with Gasteiger partial charge in [0, 0.05) is 5.69 Å². The molecule has 0 bridgehead atoms. The van der Waals surface area contributed by atoms with Gasteiger partial charge in [-0.25, -0.2) is 9.18 Å². The van der Waals surface area contributed by atoms with E-state index in [1.165, 1.54) is 0 Å². The first kappa shape index (κ1) is 9.51. The Labute approximate surface area is 75.2 Å². The number of carboxylic acids is 1. The number of carbonyl (C=O) groups is 1. The summed E-state index contributed by atoms with van der Waals surface area (Å²) < 4.78 is 13.2. The smallest absolute Gasteiger partial charge is 0.362 e. The van der Waals surface area contributed by atoms with E-state index in [-0.39, 0.29) is 0 Å². The predicted octanol–water partition coefficient (Wildman–Crippen LogP) is 1.87. The summed E-state index contributed by atoms with van der Waals surface area (Å²) >= 11 is 0. The topological polar surface area (TPSA) is 49.3 Å². The van der Waals surface area contributed by atoms with Gasteiger partial charge in [-0.1, -0.05) is 18.2 Å². The molecule has 0 saturated heterocycles. The van der Waals surface area contributed by atoms with E-state index >= 15 is 0 Å². The molecule has 0 fully saturated rings. The average molecular weight is 183 g/mol. The number of rotatable bonds is 3. The fourth-order valence-corrected chi connectivity index (χ4v) is 0.846. The van der Waals surface area contributed by atoms with Gasteiger partial charge in [0.1, 0.15) is 0 Å². The largest absolute Gasteiger partial charge is 0.477 e. The van der Waals surface area contributed by atoms with Crippen molar-refractivity contribution >= 4 is 11.7 Å². The lowest BCUT2D eigenvalue weighted by Gasteiger charge is -2.17. The third kappa shape index (κ3) is 2.43. The molecule has 0 amide bonds. The Kier molecular flexibility index (Phi) is 2.51. The van der Waals surface area contributed by atoms with Crippen LogP contribution in [0.2, 0.25) is 0 Å². The van der Waals surface area contributed by atoms with Crippen molar-refractivity contribution in [3.05, 3.63) is 30.3 Å². The van der Waals surface area contributed by atoms with Crippen LogP contribution in [0.25, 0.3) is 0 Å². The van der Waals surface area contributed by atoms with Gasteiger partial charge in [-0.05, 0) is 19.1 Å². The van der Waals surface area contributed by atoms with E-state index in [0.29, 0.717) is 5.69 Å². The lowest BCUT2D eigenvalue weighted by Crippen LogP contribution is -2.38. The molecular weight excluding hydrogens is 173 g/mol. The van der Waals surface area contributed by atoms with Crippen LogP contribution in [0.3, 0.4) is 0 Å². The molecule has 0 heterocycles. The van der Waals surface area contributed by atoms with Gasteiger partial charge in [0.2, 0.25) is 0 Å². The molecule has 1 aromatic rings. The van der Waals surface area contributed by atoms with Gasteiger partial charge in [0.15, 0.2) is 0 Å². The van der Waals surface area contributed by atoms with Crippen LogP contribution in [0.5, 0.6) is 0 Å². The van der Waals surface area contributed by atoms with E-state index in [1.54, 1.807) is 30.3 Å². The van der Waals surface area contributed by atoms with Gasteiger partial charge in [-0.3, -0.25) is 0 Å². The van der Waals surface area contributed by atoms with Crippen molar-refractivity contribution in [1.29, 1.82) is 0 Å². The Morgan fingerprint density at radius 3 is 2.46 bits per heavy atom. The summed E-state index contributed by atoms with van der Waals surface area (Å²) in [6.45, 7) is 0.961. The molecule has 13 heavy (non-hydrogen) atoms. The van der Waals surface area contributed by atoms with Crippen LogP contribution in [0.4, 0.5) is 10.1 Å². The Hall–Kier alpha value is -1.58. The van der Waals surface area contributed by atoms with Gasteiger partial charge < -0.3 is 10.4 Å². The number of hydrogen-bond donors (Lipinski definition) is 2. The summed E-state index contributed by atoms with van der Waals surface area (Å²) in [5.41, 5.74) is 0.440. The molecule has 4 heteroatoms. The zero-order chi connectivity index (χ0) is 9.90. The molecule has 2 N–H and O–H groups in total. The van der Waals surface area contributed by atoms with Crippen molar-refractivity contribution in [2.75, 3.05) is 5.32 Å². The quantitative estimate of drug-likeness (QED) is 0.703. The molecule has 0 aliphatic rings. The fourth-order valence-electron chi connectivity index (χ4n) is 0.846. The molecule has 0 aromatic heterocycles. The maximum Gasteiger partial charge on any atom is 0.362 e. The number of para-hydroxylation sites is 1. The van der Waals surface area contributed by atoms with E-state index in [9.17, 15) is 9.18 Å². The molecule has 0 saturated carbocycles. The van der Waals surface area contributed by atoms with E-state index in [2.05, 4.69) is 5.32 Å². The third-order valence-corrected chi connectivity index (χ3v) is 1.55. The number of aliphatic carboxylic acids is 1. The number of alkyl halides is 1. The zero-order valence-corrected chi connectivity index (χ0v) is 7.12. The van der Waals surface area contributed by atoms with E-state index in [1.807, 2.05) is 0 Å². The van der Waals surface area contributed by atoms with Crippen LogP contribution >= 0.6 is 0 Å². The maximum atomic E-state index is 13.2. The first-order valence-electron chi connectivity index (χ1n) is 3.78. The van der Waals surface area contributed by atoms with Gasteiger partial charge in [0.25, 0.3) is 5.79 Å². The van der Waals surface area contributed by atoms with E-state index < -0.39 is 11.8 Å². The summed E-state index contributed by atoms with van der Waals surface area (Å²) in [6, 6.07) is 8.35. The molecule has 0 spiro atoms. The predicted molar refractivity (Wildman–Crippen MR) is 47.2 cm³/mol. The summed E-state index contributed by atoms with van der Waals surface area (Å²) in [4.78, 5) is 10.4. The van der Waals surface area contributed by atoms with Crippen LogP contribution in [0.1, 0.15) is 6.92 Å². The highest BCUT2D eigenvalue weighted by Gasteiger charge is 2.32. The highest BCUT2D eigenvalue weighted by Crippen LogP contribution is 2.15. The van der Waals surface area contributed by atoms with Crippen LogP contribution in [0.15, 0.2) is 30.3 Å². The lowest BCUT2D eigenvalue weighted by atomic mass is 10.2. The van der Waals surface area contributed by atoms with Crippen LogP contribution in [0, 0.1) is 0 Å². The summed E-state index contributed by atoms with van der Waals surface area (Å²) in [6.07, 6.45) is 0. The zero-order valence-electron chi connectivity index (χ0n) is 7.12. The van der Waals surface area contributed by atoms with Crippen molar-refractivity contribution in [2.45, 2.75) is 12.7 Å². The molecule has 1 aromatic carbocycles. The molecular formula is C9H10FNO2. The van der Waals surface area contributed by atoms with Crippen molar-refractivity contribution in [3.8, 4) is 0 Å². The van der Waals surface area contributed by atoms with Crippen LogP contribution < -0.4 is 5.32 Å². The number of hydrogen-bond acceptors (Lipinski definition) is 2. The number of nitrogens with one attached hydrogen (secondary N) is 1. The van der Waals surface area contributed by atoms with E-state index in [4.69, 9.17) is 5.11 Å². The molecule has 1 atom stereocenters. The number of benzene rings is 1. The molecule has 0 aliphatic heterocycles. The van der Waals surface area contributed by atoms with Crippen molar-refractivity contribution in [1.82, 2.24) is 0 Å². The minimum Gasteiger partial charge on any atom is -0.477 e. The van der Waals surface area contributed by atoms with Crippen LogP contribution in [-0.4, -0.2) is 16.9 Å². The first-order valence-corrected chi connectivity index (χ1v) is 3.78. The van der Waals surface area contributed by atoms with Gasteiger partial charge in [-0.2, -0.15) is 0 Å². The molecule has 3 nitrogen and oxygen atoms in total. The highest BCUT2D eigenvalue weighted by atomic mass is 19.1. The molecule has 1 unspecified atom stereocenters. The van der Waals surface area contributed by atoms with Crippen molar-refractivity contribution in [2.24, 2.45) is 0 Å². The number of carboxylic acid groups (broad SMARTS) is 1. The Morgan fingerprint density at radius 1 is 1.46 bits per heavy atom. The van der Waals surface area contributed by atoms with Gasteiger partial charge in [-0.15, -0.1) is 0 Å². The highest BCUT2D eigenvalue weighted by molar-refractivity contribution is 5.80. The Balaban J connectivity index is 2.75. The molecule has 70 valence electrons. The lowest BCUT2D eigenvalue weighted by molar-refractivity contribution is -0.147. The second-order valence-corrected chi connectivity index (χ2v) is 2.80. The normalized spacial score (nSPS) is 14.6. The SMILES string of the molecule is CC(F)(Nc1ccccc1)C(=O)O. The Bertz CT molecular complexity index is 298. The van der Waals surface area contributed by atoms with Gasteiger partial charge >= 0.3 is 5.97 Å². The van der Waals surface area contributed by atoms with Gasteiger partial charge in [0.05, 0.1) is 0 Å². The van der Waals surface area contributed by atoms with Crippen LogP contribution in [-0.2, 0) is 4.79 Å². The van der Waals surface area contributed by atoms with Crippen molar-refractivity contribution < 1.29 is 14.3 Å². The molecule has 1 rings (SSSR count). The minimum absolute atomic E-state index is 0.440. The number of anilines is 1. The Morgan fingerprint density at radius 2 is 2.00 bits per heavy atom. The number of halogens is 1. The third-order valence-electron chi connectivity index (χ3n) is 1.55. The average Bonchev–Trinajstić information content (AvgIpc) is 2.05. The van der Waals surface area contributed by atoms with Crippen molar-refractivity contribution in [3.63, 3.8) is 0 Å². The fraction of sp³-hybridized carbons (Fsp3) is 0.222. The monoisotopic (exact) mass is 183 g/mol. The standard InChI is InChI=1S/C9H10FNO2/c1-9(10,8(12)13)11-7-5-3-2-4-6-7/h2-6,11H,1H3,(H,12,13). The van der Waals surface area contributed by atoms with E-state index in [0.717, 1.165) is 6.92 Å². The molecule has 0 radical (unpaired) electrons. The minimum atomic E-state index is -2.43.